The third-order valence-electron chi connectivity index (χ3n) is 3.35. The average molecular weight is 273 g/mol. The highest BCUT2D eigenvalue weighted by Gasteiger charge is 2.11. The Kier molecular flexibility index (Phi) is 2.82. The number of nitrogens with zero attached hydrogens (tertiary/aromatic N) is 4. The molecule has 0 spiro atoms. The molecule has 0 saturated heterocycles. The number of anilines is 1. The van der Waals surface area contributed by atoms with Gasteiger partial charge in [-0.1, -0.05) is 0 Å². The highest BCUT2D eigenvalue weighted by Crippen LogP contribution is 2.24. The summed E-state index contributed by atoms with van der Waals surface area (Å²) < 4.78 is 1.94. The zero-order chi connectivity index (χ0) is 15.0. The molecule has 5 heteroatoms. The van der Waals surface area contributed by atoms with Gasteiger partial charge in [-0.25, -0.2) is 4.98 Å². The average Bonchev–Trinajstić information content (AvgIpc) is 2.81. The predicted molar refractivity (Wildman–Crippen MR) is 79.6 cm³/mol. The molecule has 3 aromatic rings. The summed E-state index contributed by atoms with van der Waals surface area (Å²) in [6.45, 7) is 1.89. The minimum Gasteiger partial charge on any atom is -0.399 e. The molecule has 0 fully saturated rings. The third kappa shape index (κ3) is 1.98. The van der Waals surface area contributed by atoms with Gasteiger partial charge in [0.15, 0.2) is 0 Å². The van der Waals surface area contributed by atoms with Crippen molar-refractivity contribution in [2.45, 2.75) is 6.92 Å². The third-order valence-corrected chi connectivity index (χ3v) is 3.35. The van der Waals surface area contributed by atoms with Crippen LogP contribution in [0.4, 0.5) is 5.69 Å². The fourth-order valence-corrected chi connectivity index (χ4v) is 2.40. The van der Waals surface area contributed by atoms with Gasteiger partial charge >= 0.3 is 0 Å². The number of aromatic nitrogens is 2. The maximum absolute atomic E-state index is 9.15. The molecule has 3 rings (SSSR count). The second-order valence-electron chi connectivity index (χ2n) is 4.70. The van der Waals surface area contributed by atoms with E-state index in [0.717, 1.165) is 22.5 Å². The van der Waals surface area contributed by atoms with Crippen molar-refractivity contribution in [2.75, 3.05) is 5.73 Å². The number of aryl methyl sites for hydroxylation is 1. The van der Waals surface area contributed by atoms with Crippen LogP contribution in [0.5, 0.6) is 0 Å². The fourth-order valence-electron chi connectivity index (χ4n) is 2.40. The molecule has 2 aromatic carbocycles. The van der Waals surface area contributed by atoms with E-state index in [1.807, 2.05) is 47.9 Å². The molecule has 2 N–H and O–H groups in total. The molecular formula is C16H11N5. The number of hydrogen-bond acceptors (Lipinski definition) is 4. The van der Waals surface area contributed by atoms with Gasteiger partial charge in [-0.3, -0.25) is 4.57 Å². The molecule has 0 amide bonds. The Morgan fingerprint density at radius 3 is 2.52 bits per heavy atom. The van der Waals surface area contributed by atoms with Crippen LogP contribution in [-0.4, -0.2) is 9.55 Å². The molecule has 0 unspecified atom stereocenters. The van der Waals surface area contributed by atoms with Crippen LogP contribution in [0.3, 0.4) is 0 Å². The molecular weight excluding hydrogens is 262 g/mol. The predicted octanol–water partition coefficient (Wildman–Crippen LogP) is 2.66. The highest BCUT2D eigenvalue weighted by molar-refractivity contribution is 5.81. The Bertz CT molecular complexity index is 938. The van der Waals surface area contributed by atoms with E-state index in [-0.39, 0.29) is 0 Å². The molecule has 5 nitrogen and oxygen atoms in total. The van der Waals surface area contributed by atoms with Crippen LogP contribution in [0.25, 0.3) is 16.7 Å². The molecule has 0 aliphatic heterocycles. The molecule has 1 heterocycles. The Morgan fingerprint density at radius 2 is 1.81 bits per heavy atom. The van der Waals surface area contributed by atoms with Crippen LogP contribution in [0.2, 0.25) is 0 Å². The lowest BCUT2D eigenvalue weighted by Gasteiger charge is -2.08. The Hall–Kier alpha value is -3.31. The summed E-state index contributed by atoms with van der Waals surface area (Å²) in [7, 11) is 0. The van der Waals surface area contributed by atoms with Gasteiger partial charge in [0, 0.05) is 11.4 Å². The van der Waals surface area contributed by atoms with Crippen molar-refractivity contribution in [3.8, 4) is 17.8 Å². The first-order chi connectivity index (χ1) is 10.1. The van der Waals surface area contributed by atoms with Crippen molar-refractivity contribution in [1.82, 2.24) is 9.55 Å². The van der Waals surface area contributed by atoms with E-state index in [4.69, 9.17) is 16.3 Å². The zero-order valence-corrected chi connectivity index (χ0v) is 11.3. The fraction of sp³-hybridized carbons (Fsp3) is 0.0625. The Labute approximate surface area is 121 Å². The number of benzene rings is 2. The molecule has 21 heavy (non-hydrogen) atoms. The minimum atomic E-state index is 0.353. The van der Waals surface area contributed by atoms with Gasteiger partial charge < -0.3 is 5.73 Å². The van der Waals surface area contributed by atoms with E-state index in [0.29, 0.717) is 16.8 Å². The van der Waals surface area contributed by atoms with E-state index < -0.39 is 0 Å². The quantitative estimate of drug-likeness (QED) is 0.690. The summed E-state index contributed by atoms with van der Waals surface area (Å²) in [6.07, 6.45) is 0. The van der Waals surface area contributed by atoms with Gasteiger partial charge in [-0.2, -0.15) is 10.5 Å². The van der Waals surface area contributed by atoms with Crippen LogP contribution < -0.4 is 5.73 Å². The maximum atomic E-state index is 9.15. The molecule has 100 valence electrons. The smallest absolute Gasteiger partial charge is 0.111 e. The van der Waals surface area contributed by atoms with Crippen LogP contribution in [0, 0.1) is 29.6 Å². The summed E-state index contributed by atoms with van der Waals surface area (Å²) in [4.78, 5) is 4.48. The summed E-state index contributed by atoms with van der Waals surface area (Å²) in [6, 6.07) is 14.7. The Balaban J connectivity index is 2.29. The first-order valence-electron chi connectivity index (χ1n) is 6.33. The topological polar surface area (TPSA) is 91.4 Å². The number of fused-ring (bicyclic) bond motifs is 1. The molecule has 0 aliphatic rings. The van der Waals surface area contributed by atoms with Crippen molar-refractivity contribution >= 4 is 16.7 Å². The van der Waals surface area contributed by atoms with Gasteiger partial charge in [0.05, 0.1) is 22.2 Å². The van der Waals surface area contributed by atoms with E-state index in [1.54, 1.807) is 12.1 Å². The number of hydrogen-bond donors (Lipinski definition) is 1. The van der Waals surface area contributed by atoms with E-state index in [2.05, 4.69) is 4.98 Å². The molecule has 0 saturated carbocycles. The zero-order valence-electron chi connectivity index (χ0n) is 11.3. The summed E-state index contributed by atoms with van der Waals surface area (Å²) in [5, 5.41) is 18.1. The molecule has 1 aromatic heterocycles. The number of nitriles is 2. The lowest BCUT2D eigenvalue weighted by Crippen LogP contribution is -1.98. The first kappa shape index (κ1) is 12.7. The molecule has 0 atom stereocenters. The van der Waals surface area contributed by atoms with Gasteiger partial charge in [0.25, 0.3) is 0 Å². The molecule has 0 bridgehead atoms. The molecule has 0 radical (unpaired) electrons. The first-order valence-corrected chi connectivity index (χ1v) is 6.33. The van der Waals surface area contributed by atoms with Crippen LogP contribution in [0.15, 0.2) is 36.4 Å². The minimum absolute atomic E-state index is 0.353. The van der Waals surface area contributed by atoms with E-state index in [9.17, 15) is 0 Å². The summed E-state index contributed by atoms with van der Waals surface area (Å²) in [5.74, 6) is 0.796. The standard InChI is InChI=1S/C16H11N5/c1-10-20-15-7-13(19)3-5-16(15)21(10)14-4-2-11(8-17)12(6-14)9-18/h2-7H,19H2,1H3. The number of rotatable bonds is 1. The number of nitrogen functional groups attached to an aromatic ring is 1. The summed E-state index contributed by atoms with van der Waals surface area (Å²) >= 11 is 0. The van der Waals surface area contributed by atoms with Crippen molar-refractivity contribution < 1.29 is 0 Å². The summed E-state index contributed by atoms with van der Waals surface area (Å²) in [5.41, 5.74) is 9.67. The second-order valence-corrected chi connectivity index (χ2v) is 4.70. The number of imidazole rings is 1. The maximum Gasteiger partial charge on any atom is 0.111 e. The monoisotopic (exact) mass is 273 g/mol. The lowest BCUT2D eigenvalue weighted by molar-refractivity contribution is 1.000. The second kappa shape index (κ2) is 4.66. The SMILES string of the molecule is Cc1nc2cc(N)ccc2n1-c1ccc(C#N)c(C#N)c1. The normalized spacial score (nSPS) is 10.2. The van der Waals surface area contributed by atoms with Crippen molar-refractivity contribution in [3.05, 3.63) is 53.3 Å². The van der Waals surface area contributed by atoms with Crippen molar-refractivity contribution in [3.63, 3.8) is 0 Å². The van der Waals surface area contributed by atoms with E-state index >= 15 is 0 Å². The Morgan fingerprint density at radius 1 is 1.05 bits per heavy atom. The highest BCUT2D eigenvalue weighted by atomic mass is 15.1. The molecule has 0 aliphatic carbocycles. The van der Waals surface area contributed by atoms with E-state index in [1.165, 1.54) is 0 Å². The van der Waals surface area contributed by atoms with Gasteiger partial charge in [0.1, 0.15) is 18.0 Å². The van der Waals surface area contributed by atoms with Gasteiger partial charge in [0.2, 0.25) is 0 Å². The number of nitrogens with two attached hydrogens (primary N) is 1. The van der Waals surface area contributed by atoms with Crippen LogP contribution in [-0.2, 0) is 0 Å². The van der Waals surface area contributed by atoms with Gasteiger partial charge in [-0.05, 0) is 43.3 Å². The van der Waals surface area contributed by atoms with Crippen molar-refractivity contribution in [2.24, 2.45) is 0 Å². The van der Waals surface area contributed by atoms with Gasteiger partial charge in [-0.15, -0.1) is 0 Å². The largest absolute Gasteiger partial charge is 0.399 e. The van der Waals surface area contributed by atoms with Crippen LogP contribution >= 0.6 is 0 Å². The van der Waals surface area contributed by atoms with Crippen LogP contribution in [0.1, 0.15) is 17.0 Å². The lowest BCUT2D eigenvalue weighted by atomic mass is 10.1. The van der Waals surface area contributed by atoms with Crippen molar-refractivity contribution in [1.29, 1.82) is 10.5 Å².